The van der Waals surface area contributed by atoms with Gasteiger partial charge in [0.25, 0.3) is 0 Å². The van der Waals surface area contributed by atoms with Gasteiger partial charge in [-0.05, 0) is 20.9 Å². The molecule has 1 N–H and O–H groups in total. The fourth-order valence-corrected chi connectivity index (χ4v) is 2.34. The molecule has 5 heteroatoms. The van der Waals surface area contributed by atoms with Crippen molar-refractivity contribution in [2.24, 2.45) is 0 Å². The van der Waals surface area contributed by atoms with Crippen LogP contribution in [0.3, 0.4) is 0 Å². The second-order valence-corrected chi connectivity index (χ2v) is 5.47. The van der Waals surface area contributed by atoms with Crippen molar-refractivity contribution in [1.29, 1.82) is 0 Å². The van der Waals surface area contributed by atoms with Gasteiger partial charge in [-0.1, -0.05) is 0 Å². The molecule has 102 valence electrons. The van der Waals surface area contributed by atoms with Crippen molar-refractivity contribution in [3.05, 3.63) is 18.2 Å². The zero-order valence-corrected chi connectivity index (χ0v) is 11.7. The highest BCUT2D eigenvalue weighted by atomic mass is 16.5. The average molecular weight is 253 g/mol. The Labute approximate surface area is 108 Å². The molecule has 0 spiro atoms. The molecular weight excluding hydrogens is 230 g/mol. The zero-order chi connectivity index (χ0) is 13.2. The van der Waals surface area contributed by atoms with E-state index in [0.29, 0.717) is 6.61 Å². The standard InChI is InChI=1S/C13H23N3O2/c1-12(2,14-3)11-7-15-10-16(11)8-13(17-4)5-6-18-9-13/h7,10,14H,5-6,8-9H2,1-4H3. The lowest BCUT2D eigenvalue weighted by atomic mass is 9.99. The molecule has 0 saturated carbocycles. The molecule has 2 rings (SSSR count). The second kappa shape index (κ2) is 4.99. The van der Waals surface area contributed by atoms with Crippen LogP contribution in [0.15, 0.2) is 12.5 Å². The van der Waals surface area contributed by atoms with E-state index in [9.17, 15) is 0 Å². The Morgan fingerprint density at radius 3 is 2.94 bits per heavy atom. The molecule has 0 aliphatic carbocycles. The molecule has 1 aromatic rings. The molecule has 1 saturated heterocycles. The van der Waals surface area contributed by atoms with E-state index in [2.05, 4.69) is 28.7 Å². The molecule has 18 heavy (non-hydrogen) atoms. The molecule has 1 aromatic heterocycles. The molecule has 0 bridgehead atoms. The van der Waals surface area contributed by atoms with Crippen molar-refractivity contribution in [2.45, 2.75) is 38.0 Å². The van der Waals surface area contributed by atoms with E-state index in [-0.39, 0.29) is 11.1 Å². The minimum absolute atomic E-state index is 0.106. The molecule has 0 aromatic carbocycles. The quantitative estimate of drug-likeness (QED) is 0.855. The van der Waals surface area contributed by atoms with Gasteiger partial charge in [0.15, 0.2) is 0 Å². The summed E-state index contributed by atoms with van der Waals surface area (Å²) in [6.07, 6.45) is 4.71. The molecule has 5 nitrogen and oxygen atoms in total. The Bertz CT molecular complexity index is 395. The number of ether oxygens (including phenoxy) is 2. The molecule has 1 fully saturated rings. The van der Waals surface area contributed by atoms with Crippen LogP contribution < -0.4 is 5.32 Å². The van der Waals surface area contributed by atoms with Gasteiger partial charge in [-0.2, -0.15) is 0 Å². The van der Waals surface area contributed by atoms with Crippen LogP contribution in [0, 0.1) is 0 Å². The van der Waals surface area contributed by atoms with Crippen molar-refractivity contribution < 1.29 is 9.47 Å². The predicted octanol–water partition coefficient (Wildman–Crippen LogP) is 1.14. The van der Waals surface area contributed by atoms with Gasteiger partial charge < -0.3 is 19.4 Å². The van der Waals surface area contributed by atoms with Gasteiger partial charge in [-0.25, -0.2) is 4.98 Å². The summed E-state index contributed by atoms with van der Waals surface area (Å²) in [6.45, 7) is 6.49. The number of nitrogens with zero attached hydrogens (tertiary/aromatic N) is 2. The van der Waals surface area contributed by atoms with Crippen LogP contribution in [0.1, 0.15) is 26.0 Å². The van der Waals surface area contributed by atoms with Gasteiger partial charge in [0, 0.05) is 26.3 Å². The van der Waals surface area contributed by atoms with Crippen molar-refractivity contribution in [3.8, 4) is 0 Å². The lowest BCUT2D eigenvalue weighted by molar-refractivity contribution is -0.0304. The Kier molecular flexibility index (Phi) is 3.75. The summed E-state index contributed by atoms with van der Waals surface area (Å²) in [5, 5.41) is 3.31. The summed E-state index contributed by atoms with van der Waals surface area (Å²) in [4.78, 5) is 4.27. The highest BCUT2D eigenvalue weighted by Gasteiger charge is 2.36. The smallest absolute Gasteiger partial charge is 0.111 e. The van der Waals surface area contributed by atoms with Crippen LogP contribution in [0.25, 0.3) is 0 Å². The highest BCUT2D eigenvalue weighted by molar-refractivity contribution is 5.11. The van der Waals surface area contributed by atoms with Crippen molar-refractivity contribution >= 4 is 0 Å². The van der Waals surface area contributed by atoms with E-state index >= 15 is 0 Å². The number of rotatable bonds is 5. The number of imidazole rings is 1. The van der Waals surface area contributed by atoms with E-state index in [4.69, 9.17) is 9.47 Å². The largest absolute Gasteiger partial charge is 0.378 e. The van der Waals surface area contributed by atoms with Gasteiger partial charge in [0.05, 0.1) is 30.7 Å². The normalized spacial score (nSPS) is 24.7. The summed E-state index contributed by atoms with van der Waals surface area (Å²) >= 11 is 0. The maximum Gasteiger partial charge on any atom is 0.111 e. The number of methoxy groups -OCH3 is 1. The summed E-state index contributed by atoms with van der Waals surface area (Å²) in [5.41, 5.74) is 0.845. The third kappa shape index (κ3) is 2.43. The predicted molar refractivity (Wildman–Crippen MR) is 69.5 cm³/mol. The highest BCUT2D eigenvalue weighted by Crippen LogP contribution is 2.27. The number of nitrogens with one attached hydrogen (secondary N) is 1. The van der Waals surface area contributed by atoms with E-state index in [1.165, 1.54) is 0 Å². The van der Waals surface area contributed by atoms with Crippen LogP contribution in [0.5, 0.6) is 0 Å². The Hall–Kier alpha value is -0.910. The first-order chi connectivity index (χ1) is 8.53. The monoisotopic (exact) mass is 253 g/mol. The Balaban J connectivity index is 2.22. The van der Waals surface area contributed by atoms with Crippen molar-refractivity contribution in [2.75, 3.05) is 27.4 Å². The minimum atomic E-state index is -0.209. The first-order valence-electron chi connectivity index (χ1n) is 6.35. The molecule has 0 radical (unpaired) electrons. The summed E-state index contributed by atoms with van der Waals surface area (Å²) in [7, 11) is 3.72. The average Bonchev–Trinajstić information content (AvgIpc) is 2.99. The number of aromatic nitrogens is 2. The molecule has 1 aliphatic rings. The zero-order valence-electron chi connectivity index (χ0n) is 11.7. The van der Waals surface area contributed by atoms with Gasteiger partial charge in [-0.3, -0.25) is 0 Å². The lowest BCUT2D eigenvalue weighted by Crippen LogP contribution is -2.41. The van der Waals surface area contributed by atoms with Crippen molar-refractivity contribution in [1.82, 2.24) is 14.9 Å². The Morgan fingerprint density at radius 2 is 2.39 bits per heavy atom. The SMILES string of the molecule is CNC(C)(C)c1cncn1CC1(OC)CCOC1. The minimum Gasteiger partial charge on any atom is -0.378 e. The topological polar surface area (TPSA) is 48.3 Å². The summed E-state index contributed by atoms with van der Waals surface area (Å²) < 4.78 is 13.3. The molecule has 1 atom stereocenters. The van der Waals surface area contributed by atoms with Gasteiger partial charge in [0.2, 0.25) is 0 Å². The van der Waals surface area contributed by atoms with Gasteiger partial charge >= 0.3 is 0 Å². The fraction of sp³-hybridized carbons (Fsp3) is 0.769. The number of hydrogen-bond acceptors (Lipinski definition) is 4. The van der Waals surface area contributed by atoms with E-state index in [0.717, 1.165) is 25.3 Å². The molecular formula is C13H23N3O2. The third-order valence-electron chi connectivity index (χ3n) is 3.94. The van der Waals surface area contributed by atoms with Gasteiger partial charge in [0.1, 0.15) is 5.60 Å². The van der Waals surface area contributed by atoms with Crippen LogP contribution in [-0.4, -0.2) is 42.5 Å². The molecule has 1 aliphatic heterocycles. The van der Waals surface area contributed by atoms with E-state index in [1.807, 2.05) is 19.6 Å². The summed E-state index contributed by atoms with van der Waals surface area (Å²) in [6, 6.07) is 0. The second-order valence-electron chi connectivity index (χ2n) is 5.47. The van der Waals surface area contributed by atoms with E-state index < -0.39 is 0 Å². The molecule has 0 amide bonds. The van der Waals surface area contributed by atoms with Gasteiger partial charge in [-0.15, -0.1) is 0 Å². The van der Waals surface area contributed by atoms with Crippen LogP contribution in [0.2, 0.25) is 0 Å². The first-order valence-corrected chi connectivity index (χ1v) is 6.35. The third-order valence-corrected chi connectivity index (χ3v) is 3.94. The van der Waals surface area contributed by atoms with Crippen LogP contribution >= 0.6 is 0 Å². The number of hydrogen-bond donors (Lipinski definition) is 1. The first kappa shape index (κ1) is 13.5. The maximum atomic E-state index is 5.68. The fourth-order valence-electron chi connectivity index (χ4n) is 2.34. The molecule has 2 heterocycles. The van der Waals surface area contributed by atoms with E-state index in [1.54, 1.807) is 7.11 Å². The van der Waals surface area contributed by atoms with Crippen LogP contribution in [-0.2, 0) is 21.6 Å². The maximum absolute atomic E-state index is 5.68. The van der Waals surface area contributed by atoms with Crippen molar-refractivity contribution in [3.63, 3.8) is 0 Å². The lowest BCUT2D eigenvalue weighted by Gasteiger charge is -2.31. The molecule has 1 unspecified atom stereocenters. The Morgan fingerprint density at radius 1 is 1.61 bits per heavy atom. The summed E-state index contributed by atoms with van der Waals surface area (Å²) in [5.74, 6) is 0. The van der Waals surface area contributed by atoms with Crippen LogP contribution in [0.4, 0.5) is 0 Å².